The molecule has 0 bridgehead atoms. The molecule has 1 rings (SSSR count). The summed E-state index contributed by atoms with van der Waals surface area (Å²) in [6.45, 7) is 4.74. The van der Waals surface area contributed by atoms with Crippen LogP contribution in [0.5, 0.6) is 0 Å². The van der Waals surface area contributed by atoms with Gasteiger partial charge in [0.1, 0.15) is 6.26 Å². The lowest BCUT2D eigenvalue weighted by Gasteiger charge is -1.90. The highest BCUT2D eigenvalue weighted by Crippen LogP contribution is 2.04. The monoisotopic (exact) mass is 126 g/mol. The van der Waals surface area contributed by atoms with Crippen molar-refractivity contribution in [1.82, 2.24) is 4.98 Å². The summed E-state index contributed by atoms with van der Waals surface area (Å²) in [5.74, 6) is 0. The Labute approximate surface area is 54.1 Å². The fourth-order valence-corrected chi connectivity index (χ4v) is 0.586. The van der Waals surface area contributed by atoms with Gasteiger partial charge in [-0.15, -0.1) is 0 Å². The molecule has 0 saturated carbocycles. The zero-order valence-electron chi connectivity index (χ0n) is 5.64. The van der Waals surface area contributed by atoms with Crippen molar-refractivity contribution in [2.24, 2.45) is 0 Å². The molecular formula is C6H10N2O. The molecule has 0 radical (unpaired) electrons. The average Bonchev–Trinajstić information content (AvgIpc) is 2.17. The minimum Gasteiger partial charge on any atom is -0.432 e. The molecule has 0 spiro atoms. The van der Waals surface area contributed by atoms with Gasteiger partial charge >= 0.3 is 0 Å². The fraction of sp³-hybridized carbons (Fsp3) is 0.500. The van der Waals surface area contributed by atoms with Crippen LogP contribution < -0.4 is 5.32 Å². The molecule has 0 aromatic carbocycles. The van der Waals surface area contributed by atoms with Crippen molar-refractivity contribution in [3.63, 3.8) is 0 Å². The predicted molar refractivity (Wildman–Crippen MR) is 35.4 cm³/mol. The molecule has 0 saturated heterocycles. The van der Waals surface area contributed by atoms with Crippen molar-refractivity contribution in [2.75, 3.05) is 11.9 Å². The van der Waals surface area contributed by atoms with Gasteiger partial charge in [0.2, 0.25) is 0 Å². The molecule has 0 fully saturated rings. The molecule has 3 heteroatoms. The Balaban J connectivity index is 2.61. The van der Waals surface area contributed by atoms with Crippen LogP contribution >= 0.6 is 0 Å². The molecule has 0 unspecified atom stereocenters. The average molecular weight is 126 g/mol. The minimum absolute atomic E-state index is 0.606. The van der Waals surface area contributed by atoms with Crippen molar-refractivity contribution in [2.45, 2.75) is 13.8 Å². The van der Waals surface area contributed by atoms with Crippen LogP contribution in [0, 0.1) is 6.92 Å². The Morgan fingerprint density at radius 3 is 3.00 bits per heavy atom. The largest absolute Gasteiger partial charge is 0.432 e. The summed E-state index contributed by atoms with van der Waals surface area (Å²) in [5.41, 5.74) is 0.908. The minimum atomic E-state index is 0.606. The Hall–Kier alpha value is -0.990. The quantitative estimate of drug-likeness (QED) is 0.651. The molecule has 0 aliphatic carbocycles. The number of anilines is 1. The Kier molecular flexibility index (Phi) is 1.72. The van der Waals surface area contributed by atoms with Crippen LogP contribution in [0.15, 0.2) is 10.7 Å². The highest BCUT2D eigenvalue weighted by molar-refractivity contribution is 5.19. The molecular weight excluding hydrogens is 116 g/mol. The van der Waals surface area contributed by atoms with Gasteiger partial charge in [-0.3, -0.25) is 0 Å². The van der Waals surface area contributed by atoms with Crippen LogP contribution in [0.25, 0.3) is 0 Å². The molecule has 0 atom stereocenters. The van der Waals surface area contributed by atoms with E-state index in [1.807, 2.05) is 13.8 Å². The van der Waals surface area contributed by atoms with Gasteiger partial charge in [0.05, 0.1) is 5.69 Å². The third kappa shape index (κ3) is 1.45. The van der Waals surface area contributed by atoms with Crippen molar-refractivity contribution >= 4 is 6.01 Å². The lowest BCUT2D eigenvalue weighted by Crippen LogP contribution is -1.95. The molecule has 50 valence electrons. The molecule has 1 heterocycles. The van der Waals surface area contributed by atoms with E-state index in [1.165, 1.54) is 0 Å². The fourth-order valence-electron chi connectivity index (χ4n) is 0.586. The van der Waals surface area contributed by atoms with Gasteiger partial charge in [0.15, 0.2) is 0 Å². The van der Waals surface area contributed by atoms with E-state index in [9.17, 15) is 0 Å². The van der Waals surface area contributed by atoms with Gasteiger partial charge in [-0.2, -0.15) is 4.98 Å². The van der Waals surface area contributed by atoms with Crippen LogP contribution in [-0.2, 0) is 0 Å². The van der Waals surface area contributed by atoms with E-state index in [2.05, 4.69) is 10.3 Å². The van der Waals surface area contributed by atoms with Crippen LogP contribution in [0.2, 0.25) is 0 Å². The predicted octanol–water partition coefficient (Wildman–Crippen LogP) is 1.41. The number of hydrogen-bond donors (Lipinski definition) is 1. The summed E-state index contributed by atoms with van der Waals surface area (Å²) in [7, 11) is 0. The first-order valence-electron chi connectivity index (χ1n) is 2.99. The van der Waals surface area contributed by atoms with Crippen molar-refractivity contribution in [3.8, 4) is 0 Å². The topological polar surface area (TPSA) is 38.1 Å². The van der Waals surface area contributed by atoms with Gasteiger partial charge in [-0.05, 0) is 13.8 Å². The highest BCUT2D eigenvalue weighted by Gasteiger charge is 1.94. The second-order valence-corrected chi connectivity index (χ2v) is 1.82. The molecule has 3 nitrogen and oxygen atoms in total. The molecule has 0 aliphatic heterocycles. The SMILES string of the molecule is CCNc1nc(C)co1. The lowest BCUT2D eigenvalue weighted by molar-refractivity contribution is 0.571. The zero-order valence-corrected chi connectivity index (χ0v) is 5.64. The van der Waals surface area contributed by atoms with E-state index in [4.69, 9.17) is 4.42 Å². The summed E-state index contributed by atoms with van der Waals surface area (Å²) >= 11 is 0. The van der Waals surface area contributed by atoms with Gasteiger partial charge in [-0.25, -0.2) is 0 Å². The van der Waals surface area contributed by atoms with Crippen molar-refractivity contribution < 1.29 is 4.42 Å². The number of rotatable bonds is 2. The van der Waals surface area contributed by atoms with Gasteiger partial charge in [0, 0.05) is 6.54 Å². The summed E-state index contributed by atoms with van der Waals surface area (Å²) in [6, 6.07) is 0.606. The Morgan fingerprint density at radius 2 is 2.56 bits per heavy atom. The van der Waals surface area contributed by atoms with E-state index >= 15 is 0 Å². The van der Waals surface area contributed by atoms with E-state index in [0.717, 1.165) is 12.2 Å². The van der Waals surface area contributed by atoms with Gasteiger partial charge in [-0.1, -0.05) is 0 Å². The molecule has 1 aromatic heterocycles. The summed E-state index contributed by atoms with van der Waals surface area (Å²) in [5, 5.41) is 2.95. The zero-order chi connectivity index (χ0) is 6.69. The molecule has 1 N–H and O–H groups in total. The highest BCUT2D eigenvalue weighted by atomic mass is 16.4. The third-order valence-corrected chi connectivity index (χ3v) is 0.947. The van der Waals surface area contributed by atoms with Crippen molar-refractivity contribution in [1.29, 1.82) is 0 Å². The first kappa shape index (κ1) is 6.13. The van der Waals surface area contributed by atoms with Gasteiger partial charge in [0.25, 0.3) is 6.01 Å². The summed E-state index contributed by atoms with van der Waals surface area (Å²) in [4.78, 5) is 4.02. The Morgan fingerprint density at radius 1 is 1.78 bits per heavy atom. The molecule has 9 heavy (non-hydrogen) atoms. The van der Waals surface area contributed by atoms with E-state index in [-0.39, 0.29) is 0 Å². The van der Waals surface area contributed by atoms with E-state index in [0.29, 0.717) is 6.01 Å². The normalized spacial score (nSPS) is 9.56. The second kappa shape index (κ2) is 2.53. The molecule has 1 aromatic rings. The summed E-state index contributed by atoms with van der Waals surface area (Å²) in [6.07, 6.45) is 1.62. The number of hydrogen-bond acceptors (Lipinski definition) is 3. The maximum absolute atomic E-state index is 4.98. The smallest absolute Gasteiger partial charge is 0.294 e. The third-order valence-electron chi connectivity index (χ3n) is 0.947. The van der Waals surface area contributed by atoms with E-state index < -0.39 is 0 Å². The van der Waals surface area contributed by atoms with Crippen LogP contribution in [-0.4, -0.2) is 11.5 Å². The molecule has 0 amide bonds. The second-order valence-electron chi connectivity index (χ2n) is 1.82. The molecule has 0 aliphatic rings. The number of nitrogens with one attached hydrogen (secondary N) is 1. The van der Waals surface area contributed by atoms with Crippen molar-refractivity contribution in [3.05, 3.63) is 12.0 Å². The Bertz CT molecular complexity index is 183. The lowest BCUT2D eigenvalue weighted by atomic mass is 10.6. The van der Waals surface area contributed by atoms with Crippen LogP contribution in [0.4, 0.5) is 6.01 Å². The first-order chi connectivity index (χ1) is 4.33. The van der Waals surface area contributed by atoms with Gasteiger partial charge < -0.3 is 9.73 Å². The number of aryl methyl sites for hydroxylation is 1. The number of oxazole rings is 1. The standard InChI is InChI=1S/C6H10N2O/c1-3-7-6-8-5(2)4-9-6/h4H,3H2,1-2H3,(H,7,8). The number of nitrogens with zero attached hydrogens (tertiary/aromatic N) is 1. The van der Waals surface area contributed by atoms with Crippen LogP contribution in [0.1, 0.15) is 12.6 Å². The number of aromatic nitrogens is 1. The maximum atomic E-state index is 4.98. The van der Waals surface area contributed by atoms with E-state index in [1.54, 1.807) is 6.26 Å². The maximum Gasteiger partial charge on any atom is 0.294 e. The first-order valence-corrected chi connectivity index (χ1v) is 2.99. The summed E-state index contributed by atoms with van der Waals surface area (Å²) < 4.78 is 4.98. The van der Waals surface area contributed by atoms with Crippen LogP contribution in [0.3, 0.4) is 0 Å².